The van der Waals surface area contributed by atoms with Crippen LogP contribution < -0.4 is 0 Å². The summed E-state index contributed by atoms with van der Waals surface area (Å²) in [6, 6.07) is 19.5. The Bertz CT molecular complexity index is 802. The Morgan fingerprint density at radius 3 is 1.85 bits per heavy atom. The monoisotopic (exact) mass is 366 g/mol. The number of carbonyl (C=O) groups is 2. The minimum Gasteiger partial charge on any atom is -0.338 e. The van der Waals surface area contributed by atoms with Crippen LogP contribution in [0.3, 0.4) is 0 Å². The number of hydrogen-bond donors (Lipinski definition) is 0. The smallest absolute Gasteiger partial charge is 0.319 e. The molecule has 1 atom stereocenters. The maximum Gasteiger partial charge on any atom is 0.319 e. The van der Waals surface area contributed by atoms with E-state index in [-0.39, 0.29) is 11.9 Å². The lowest BCUT2D eigenvalue weighted by atomic mass is 9.92. The fourth-order valence-electron chi connectivity index (χ4n) is 3.89. The molecule has 1 saturated heterocycles. The highest BCUT2D eigenvalue weighted by atomic mass is 28.3. The Morgan fingerprint density at radius 2 is 1.35 bits per heavy atom. The summed E-state index contributed by atoms with van der Waals surface area (Å²) >= 11 is 0. The first kappa shape index (κ1) is 18.4. The number of nitrogens with zero attached hydrogens (tertiary/aromatic N) is 2. The molecule has 1 fully saturated rings. The van der Waals surface area contributed by atoms with Crippen molar-refractivity contribution in [1.82, 2.24) is 9.47 Å². The molecular weight excluding hydrogens is 340 g/mol. The molecule has 1 heterocycles. The molecule has 0 saturated carbocycles. The van der Waals surface area contributed by atoms with Crippen molar-refractivity contribution in [2.75, 3.05) is 0 Å². The lowest BCUT2D eigenvalue weighted by Gasteiger charge is -2.40. The molecule has 4 nitrogen and oxygen atoms in total. The fourth-order valence-corrected chi connectivity index (χ4v) is 6.24. The van der Waals surface area contributed by atoms with Crippen molar-refractivity contribution in [3.05, 3.63) is 71.8 Å². The molecule has 2 aromatic rings. The molecule has 3 amide bonds. The van der Waals surface area contributed by atoms with Crippen molar-refractivity contribution < 1.29 is 9.59 Å². The first-order chi connectivity index (χ1) is 12.2. The van der Waals surface area contributed by atoms with E-state index in [0.29, 0.717) is 13.0 Å². The molecule has 0 spiro atoms. The highest BCUT2D eigenvalue weighted by Crippen LogP contribution is 2.36. The van der Waals surface area contributed by atoms with Crippen molar-refractivity contribution in [2.24, 2.45) is 0 Å². The Labute approximate surface area is 156 Å². The first-order valence-corrected chi connectivity index (χ1v) is 12.4. The van der Waals surface area contributed by atoms with Gasteiger partial charge in [-0.25, -0.2) is 4.79 Å². The van der Waals surface area contributed by atoms with E-state index in [1.165, 1.54) is 4.90 Å². The van der Waals surface area contributed by atoms with Crippen LogP contribution in [0.1, 0.15) is 18.1 Å². The Balaban J connectivity index is 1.98. The van der Waals surface area contributed by atoms with Crippen molar-refractivity contribution >= 4 is 20.2 Å². The van der Waals surface area contributed by atoms with Crippen LogP contribution in [-0.4, -0.2) is 35.2 Å². The maximum atomic E-state index is 13.4. The summed E-state index contributed by atoms with van der Waals surface area (Å²) in [5, 5.41) is 0. The van der Waals surface area contributed by atoms with E-state index in [4.69, 9.17) is 0 Å². The zero-order chi connectivity index (χ0) is 18.9. The first-order valence-electron chi connectivity index (χ1n) is 8.97. The summed E-state index contributed by atoms with van der Waals surface area (Å²) in [6.07, 6.45) is 0.536. The van der Waals surface area contributed by atoms with Gasteiger partial charge in [0.25, 0.3) is 5.91 Å². The number of carbonyl (C=O) groups excluding carboxylic acids is 2. The molecule has 0 aromatic heterocycles. The minimum absolute atomic E-state index is 0.0994. The van der Waals surface area contributed by atoms with Crippen LogP contribution in [0.2, 0.25) is 19.6 Å². The number of amides is 3. The largest absolute Gasteiger partial charge is 0.338 e. The van der Waals surface area contributed by atoms with Crippen LogP contribution in [0.15, 0.2) is 60.7 Å². The van der Waals surface area contributed by atoms with Crippen molar-refractivity contribution in [3.8, 4) is 0 Å². The van der Waals surface area contributed by atoms with Gasteiger partial charge in [-0.1, -0.05) is 80.3 Å². The van der Waals surface area contributed by atoms with Gasteiger partial charge in [0.1, 0.15) is 5.54 Å². The van der Waals surface area contributed by atoms with Crippen LogP contribution in [0.4, 0.5) is 4.79 Å². The average molecular weight is 367 g/mol. The van der Waals surface area contributed by atoms with Gasteiger partial charge in [-0.15, -0.1) is 0 Å². The Morgan fingerprint density at radius 1 is 0.846 bits per heavy atom. The normalized spacial score (nSPS) is 20.8. The Kier molecular flexibility index (Phi) is 4.75. The Hall–Kier alpha value is -2.40. The van der Waals surface area contributed by atoms with E-state index in [2.05, 4.69) is 19.6 Å². The zero-order valence-corrected chi connectivity index (χ0v) is 16.9. The number of hydrogen-bond acceptors (Lipinski definition) is 2. The summed E-state index contributed by atoms with van der Waals surface area (Å²) in [5.74, 6) is -0.0994. The van der Waals surface area contributed by atoms with Gasteiger partial charge in [0.05, 0.1) is 6.54 Å². The molecule has 2 aromatic carbocycles. The van der Waals surface area contributed by atoms with E-state index in [9.17, 15) is 9.59 Å². The van der Waals surface area contributed by atoms with Gasteiger partial charge in [0.15, 0.2) is 8.24 Å². The quantitative estimate of drug-likeness (QED) is 0.585. The number of rotatable bonds is 5. The third-order valence-electron chi connectivity index (χ3n) is 4.87. The second kappa shape index (κ2) is 6.72. The van der Waals surface area contributed by atoms with Crippen LogP contribution in [0.25, 0.3) is 0 Å². The van der Waals surface area contributed by atoms with E-state index in [0.717, 1.165) is 11.1 Å². The molecule has 3 rings (SSSR count). The summed E-state index contributed by atoms with van der Waals surface area (Å²) in [6.45, 7) is 8.60. The summed E-state index contributed by atoms with van der Waals surface area (Å²) in [7, 11) is -2.06. The van der Waals surface area contributed by atoms with E-state index < -0.39 is 13.8 Å². The second-order valence-electron chi connectivity index (χ2n) is 8.10. The lowest BCUT2D eigenvalue weighted by Crippen LogP contribution is -2.59. The van der Waals surface area contributed by atoms with Crippen molar-refractivity contribution in [1.29, 1.82) is 0 Å². The highest BCUT2D eigenvalue weighted by molar-refractivity contribution is 6.76. The fraction of sp³-hybridized carbons (Fsp3) is 0.333. The third kappa shape index (κ3) is 3.31. The predicted octanol–water partition coefficient (Wildman–Crippen LogP) is 4.29. The van der Waals surface area contributed by atoms with E-state index >= 15 is 0 Å². The molecular formula is C21H26N2O2Si. The second-order valence-corrected chi connectivity index (χ2v) is 12.9. The van der Waals surface area contributed by atoms with Crippen LogP contribution in [0, 0.1) is 0 Å². The molecule has 5 heteroatoms. The van der Waals surface area contributed by atoms with Crippen molar-refractivity contribution in [2.45, 2.75) is 45.1 Å². The zero-order valence-electron chi connectivity index (χ0n) is 15.9. The topological polar surface area (TPSA) is 40.6 Å². The van der Waals surface area contributed by atoms with Crippen LogP contribution in [-0.2, 0) is 17.8 Å². The van der Waals surface area contributed by atoms with Gasteiger partial charge < -0.3 is 4.57 Å². The van der Waals surface area contributed by atoms with Crippen LogP contribution in [0.5, 0.6) is 0 Å². The summed E-state index contributed by atoms with van der Waals surface area (Å²) < 4.78 is 1.89. The van der Waals surface area contributed by atoms with Gasteiger partial charge in [0, 0.05) is 6.42 Å². The molecule has 136 valence electrons. The molecule has 0 N–H and O–H groups in total. The maximum absolute atomic E-state index is 13.4. The van der Waals surface area contributed by atoms with E-state index in [1.807, 2.05) is 72.2 Å². The van der Waals surface area contributed by atoms with Gasteiger partial charge in [0.2, 0.25) is 0 Å². The number of urea groups is 1. The number of benzene rings is 2. The molecule has 0 radical (unpaired) electrons. The third-order valence-corrected chi connectivity index (χ3v) is 6.89. The van der Waals surface area contributed by atoms with E-state index in [1.54, 1.807) is 0 Å². The lowest BCUT2D eigenvalue weighted by molar-refractivity contribution is -0.132. The SMILES string of the molecule is CC1(Cc2ccccc2)C(=O)N(Cc2ccccc2)C(=O)N1[Si](C)(C)C. The molecule has 1 aliphatic heterocycles. The average Bonchev–Trinajstić information content (AvgIpc) is 2.77. The highest BCUT2D eigenvalue weighted by Gasteiger charge is 2.57. The van der Waals surface area contributed by atoms with Gasteiger partial charge in [-0.05, 0) is 18.1 Å². The predicted molar refractivity (Wildman–Crippen MR) is 106 cm³/mol. The van der Waals surface area contributed by atoms with Crippen LogP contribution >= 0.6 is 0 Å². The molecule has 0 bridgehead atoms. The molecule has 26 heavy (non-hydrogen) atoms. The number of imide groups is 1. The summed E-state index contributed by atoms with van der Waals surface area (Å²) in [5.41, 5.74) is 1.20. The van der Waals surface area contributed by atoms with Gasteiger partial charge in [-0.3, -0.25) is 9.69 Å². The minimum atomic E-state index is -2.06. The van der Waals surface area contributed by atoms with Gasteiger partial charge in [-0.2, -0.15) is 0 Å². The van der Waals surface area contributed by atoms with Gasteiger partial charge >= 0.3 is 6.03 Å². The standard InChI is InChI=1S/C21H26N2O2Si/c1-21(15-17-11-7-5-8-12-17)19(24)22(16-18-13-9-6-10-14-18)20(25)23(21)26(2,3)4/h5-14H,15-16H2,1-4H3. The molecule has 0 aliphatic carbocycles. The van der Waals surface area contributed by atoms with Crippen molar-refractivity contribution in [3.63, 3.8) is 0 Å². The molecule has 1 aliphatic rings. The molecule has 1 unspecified atom stereocenters. The summed E-state index contributed by atoms with van der Waals surface area (Å²) in [4.78, 5) is 28.1.